The average molecular weight is 344 g/mol. The van der Waals surface area contributed by atoms with Gasteiger partial charge in [-0.25, -0.2) is 0 Å². The number of aryl methyl sites for hydroxylation is 1. The van der Waals surface area contributed by atoms with Crippen molar-refractivity contribution in [3.63, 3.8) is 0 Å². The van der Waals surface area contributed by atoms with Crippen LogP contribution in [-0.2, 0) is 9.47 Å². The Kier molecular flexibility index (Phi) is 4.78. The lowest BCUT2D eigenvalue weighted by atomic mass is 9.73. The van der Waals surface area contributed by atoms with E-state index in [0.717, 1.165) is 57.2 Å². The maximum Gasteiger partial charge on any atom is 0.255 e. The minimum atomic E-state index is -0.0425. The van der Waals surface area contributed by atoms with Crippen molar-refractivity contribution in [3.05, 3.63) is 29.6 Å². The lowest BCUT2D eigenvalue weighted by Crippen LogP contribution is -2.58. The van der Waals surface area contributed by atoms with Crippen LogP contribution < -0.4 is 0 Å². The van der Waals surface area contributed by atoms with Gasteiger partial charge in [0.05, 0.1) is 18.3 Å². The van der Waals surface area contributed by atoms with Crippen molar-refractivity contribution in [1.29, 1.82) is 0 Å². The summed E-state index contributed by atoms with van der Waals surface area (Å²) in [4.78, 5) is 19.2. The second kappa shape index (κ2) is 7.04. The van der Waals surface area contributed by atoms with E-state index < -0.39 is 0 Å². The van der Waals surface area contributed by atoms with Crippen LogP contribution in [0.3, 0.4) is 0 Å². The number of ether oxygens (including phenoxy) is 2. The molecule has 0 N–H and O–H groups in total. The number of carbonyl (C=O) groups is 1. The van der Waals surface area contributed by atoms with Gasteiger partial charge >= 0.3 is 0 Å². The first-order valence-electron chi connectivity index (χ1n) is 9.58. The molecule has 1 aliphatic carbocycles. The molecule has 2 saturated heterocycles. The number of piperidine rings is 1. The Labute approximate surface area is 149 Å². The summed E-state index contributed by atoms with van der Waals surface area (Å²) in [7, 11) is 0. The first-order valence-corrected chi connectivity index (χ1v) is 9.58. The Morgan fingerprint density at radius 2 is 2.28 bits per heavy atom. The SMILES string of the molecule is Cc1ccc(C(=O)N2CC[C@@H]3OCCC[C@]3(COCC3CC3)C2)cn1. The number of hydrogen-bond donors (Lipinski definition) is 0. The lowest BCUT2D eigenvalue weighted by molar-refractivity contribution is -0.147. The van der Waals surface area contributed by atoms with Gasteiger partial charge < -0.3 is 14.4 Å². The molecule has 3 heterocycles. The summed E-state index contributed by atoms with van der Waals surface area (Å²) < 4.78 is 12.2. The smallest absolute Gasteiger partial charge is 0.255 e. The van der Waals surface area contributed by atoms with Crippen molar-refractivity contribution in [3.8, 4) is 0 Å². The molecular formula is C20H28N2O3. The monoisotopic (exact) mass is 344 g/mol. The highest BCUT2D eigenvalue weighted by molar-refractivity contribution is 5.94. The fourth-order valence-corrected chi connectivity index (χ4v) is 4.16. The van der Waals surface area contributed by atoms with E-state index in [1.54, 1.807) is 6.20 Å². The molecule has 136 valence electrons. The first-order chi connectivity index (χ1) is 12.2. The topological polar surface area (TPSA) is 51.7 Å². The molecule has 25 heavy (non-hydrogen) atoms. The normalized spacial score (nSPS) is 29.3. The lowest BCUT2D eigenvalue weighted by Gasteiger charge is -2.50. The van der Waals surface area contributed by atoms with Gasteiger partial charge in [-0.1, -0.05) is 0 Å². The maximum absolute atomic E-state index is 12.9. The number of aromatic nitrogens is 1. The van der Waals surface area contributed by atoms with Crippen LogP contribution in [0.15, 0.2) is 18.3 Å². The Bertz CT molecular complexity index is 614. The number of pyridine rings is 1. The Hall–Kier alpha value is -1.46. The van der Waals surface area contributed by atoms with Crippen molar-refractivity contribution >= 4 is 5.91 Å². The van der Waals surface area contributed by atoms with Crippen LogP contribution in [-0.4, -0.2) is 54.8 Å². The molecule has 0 unspecified atom stereocenters. The second-order valence-electron chi connectivity index (χ2n) is 7.99. The van der Waals surface area contributed by atoms with Gasteiger partial charge in [-0.3, -0.25) is 9.78 Å². The average Bonchev–Trinajstić information content (AvgIpc) is 3.45. The number of likely N-dealkylation sites (tertiary alicyclic amines) is 1. The van der Waals surface area contributed by atoms with Gasteiger partial charge in [-0.05, 0) is 57.1 Å². The minimum Gasteiger partial charge on any atom is -0.380 e. The van der Waals surface area contributed by atoms with Crippen LogP contribution in [0.1, 0.15) is 48.2 Å². The van der Waals surface area contributed by atoms with E-state index in [1.807, 2.05) is 24.0 Å². The molecule has 0 radical (unpaired) electrons. The summed E-state index contributed by atoms with van der Waals surface area (Å²) in [6.45, 7) is 5.83. The number of hydrogen-bond acceptors (Lipinski definition) is 4. The first kappa shape index (κ1) is 17.0. The Morgan fingerprint density at radius 3 is 3.04 bits per heavy atom. The third kappa shape index (κ3) is 3.72. The predicted molar refractivity (Wildman–Crippen MR) is 94.4 cm³/mol. The van der Waals surface area contributed by atoms with E-state index in [4.69, 9.17) is 9.47 Å². The largest absolute Gasteiger partial charge is 0.380 e. The van der Waals surface area contributed by atoms with Crippen molar-refractivity contribution in [1.82, 2.24) is 9.88 Å². The van der Waals surface area contributed by atoms with E-state index in [1.165, 1.54) is 12.8 Å². The zero-order valence-corrected chi connectivity index (χ0v) is 15.1. The molecule has 1 amide bonds. The van der Waals surface area contributed by atoms with E-state index in [0.29, 0.717) is 12.2 Å². The summed E-state index contributed by atoms with van der Waals surface area (Å²) in [5.74, 6) is 0.845. The molecule has 2 atom stereocenters. The number of nitrogens with zero attached hydrogens (tertiary/aromatic N) is 2. The number of carbonyl (C=O) groups excluding carboxylic acids is 1. The molecule has 1 aromatic heterocycles. The fourth-order valence-electron chi connectivity index (χ4n) is 4.16. The van der Waals surface area contributed by atoms with Gasteiger partial charge in [0.15, 0.2) is 0 Å². The molecule has 5 nitrogen and oxygen atoms in total. The van der Waals surface area contributed by atoms with E-state index in [-0.39, 0.29) is 17.4 Å². The number of amides is 1. The fraction of sp³-hybridized carbons (Fsp3) is 0.700. The van der Waals surface area contributed by atoms with Gasteiger partial charge in [0.25, 0.3) is 5.91 Å². The molecule has 1 aromatic rings. The molecular weight excluding hydrogens is 316 g/mol. The van der Waals surface area contributed by atoms with Crippen LogP contribution >= 0.6 is 0 Å². The van der Waals surface area contributed by atoms with Crippen molar-refractivity contribution in [2.75, 3.05) is 32.9 Å². The molecule has 3 fully saturated rings. The summed E-state index contributed by atoms with van der Waals surface area (Å²) in [5, 5.41) is 0. The summed E-state index contributed by atoms with van der Waals surface area (Å²) in [5.41, 5.74) is 1.56. The zero-order valence-electron chi connectivity index (χ0n) is 15.1. The van der Waals surface area contributed by atoms with Crippen LogP contribution in [0.5, 0.6) is 0 Å². The van der Waals surface area contributed by atoms with Crippen LogP contribution in [0.25, 0.3) is 0 Å². The van der Waals surface area contributed by atoms with Gasteiger partial charge in [0, 0.05) is 43.6 Å². The zero-order chi connectivity index (χ0) is 17.3. The number of rotatable bonds is 5. The minimum absolute atomic E-state index is 0.0425. The van der Waals surface area contributed by atoms with E-state index in [9.17, 15) is 4.79 Å². The summed E-state index contributed by atoms with van der Waals surface area (Å²) in [6, 6.07) is 3.78. The molecule has 0 bridgehead atoms. The quantitative estimate of drug-likeness (QED) is 0.824. The molecule has 1 saturated carbocycles. The number of fused-ring (bicyclic) bond motifs is 1. The standard InChI is InChI=1S/C20H28N2O3/c1-15-3-6-17(11-21-15)19(23)22-9-7-18-20(13-22,8-2-10-25-18)14-24-12-16-4-5-16/h3,6,11,16,18H,2,4-5,7-10,12-14H2,1H3/t18-,20+/m0/s1. The van der Waals surface area contributed by atoms with Crippen LogP contribution in [0.2, 0.25) is 0 Å². The molecule has 3 aliphatic rings. The summed E-state index contributed by atoms with van der Waals surface area (Å²) in [6.07, 6.45) is 7.56. The van der Waals surface area contributed by atoms with Crippen LogP contribution in [0.4, 0.5) is 0 Å². The van der Waals surface area contributed by atoms with Gasteiger partial charge in [0.2, 0.25) is 0 Å². The highest BCUT2D eigenvalue weighted by atomic mass is 16.5. The molecule has 2 aliphatic heterocycles. The highest BCUT2D eigenvalue weighted by Gasteiger charge is 2.47. The van der Waals surface area contributed by atoms with Gasteiger partial charge in [-0.2, -0.15) is 0 Å². The molecule has 5 heteroatoms. The van der Waals surface area contributed by atoms with Crippen molar-refractivity contribution in [2.45, 2.75) is 45.1 Å². The highest BCUT2D eigenvalue weighted by Crippen LogP contribution is 2.41. The third-order valence-corrected chi connectivity index (χ3v) is 5.87. The van der Waals surface area contributed by atoms with Gasteiger partial charge in [-0.15, -0.1) is 0 Å². The van der Waals surface area contributed by atoms with Crippen LogP contribution in [0, 0.1) is 18.3 Å². The predicted octanol–water partition coefficient (Wildman–Crippen LogP) is 2.83. The van der Waals surface area contributed by atoms with E-state index in [2.05, 4.69) is 4.98 Å². The van der Waals surface area contributed by atoms with E-state index >= 15 is 0 Å². The molecule has 4 rings (SSSR count). The molecule has 0 spiro atoms. The Morgan fingerprint density at radius 1 is 1.40 bits per heavy atom. The van der Waals surface area contributed by atoms with Crippen molar-refractivity contribution < 1.29 is 14.3 Å². The third-order valence-electron chi connectivity index (χ3n) is 5.87. The van der Waals surface area contributed by atoms with Gasteiger partial charge in [0.1, 0.15) is 0 Å². The Balaban J connectivity index is 1.46. The molecule has 0 aromatic carbocycles. The van der Waals surface area contributed by atoms with Crippen molar-refractivity contribution in [2.24, 2.45) is 11.3 Å². The second-order valence-corrected chi connectivity index (χ2v) is 7.99. The summed E-state index contributed by atoms with van der Waals surface area (Å²) >= 11 is 0. The maximum atomic E-state index is 12.9.